The fourth-order valence-corrected chi connectivity index (χ4v) is 3.49. The van der Waals surface area contributed by atoms with Gasteiger partial charge < -0.3 is 25.2 Å². The predicted octanol–water partition coefficient (Wildman–Crippen LogP) is 5.01. The van der Waals surface area contributed by atoms with Crippen molar-refractivity contribution in [2.24, 2.45) is 0 Å². The normalized spacial score (nSPS) is 11.0. The number of carbonyl (C=O) groups is 2. The zero-order valence-electron chi connectivity index (χ0n) is 20.2. The number of ether oxygens (including phenoxy) is 2. The molecule has 7 nitrogen and oxygen atoms in total. The van der Waals surface area contributed by atoms with Crippen LogP contribution in [0, 0.1) is 5.82 Å². The number of halogens is 1. The number of para-hydroxylation sites is 2. The molecule has 0 fully saturated rings. The summed E-state index contributed by atoms with van der Waals surface area (Å²) in [6.45, 7) is 0.350. The molecule has 0 radical (unpaired) electrons. The molecule has 3 rings (SSSR count). The molecule has 0 saturated heterocycles. The molecule has 36 heavy (non-hydrogen) atoms. The molecule has 0 bridgehead atoms. The number of anilines is 1. The van der Waals surface area contributed by atoms with E-state index in [1.807, 2.05) is 0 Å². The molecule has 0 atom stereocenters. The van der Waals surface area contributed by atoms with E-state index in [4.69, 9.17) is 9.47 Å². The smallest absolute Gasteiger partial charge is 0.251 e. The summed E-state index contributed by atoms with van der Waals surface area (Å²) in [7, 11) is 3.08. The molecule has 0 aromatic heterocycles. The quantitative estimate of drug-likeness (QED) is 0.151. The van der Waals surface area contributed by atoms with Crippen LogP contribution in [0.1, 0.15) is 30.4 Å². The second kappa shape index (κ2) is 12.9. The molecule has 3 aromatic carbocycles. The van der Waals surface area contributed by atoms with Gasteiger partial charge in [-0.2, -0.15) is 0 Å². The van der Waals surface area contributed by atoms with Crippen LogP contribution in [0.4, 0.5) is 10.1 Å². The Hall–Kier alpha value is -4.33. The molecular weight excluding hydrogens is 463 g/mol. The van der Waals surface area contributed by atoms with E-state index in [1.165, 1.54) is 18.2 Å². The minimum absolute atomic E-state index is 0.00637. The third-order valence-electron chi connectivity index (χ3n) is 5.38. The Morgan fingerprint density at radius 1 is 0.944 bits per heavy atom. The second-order valence-electron chi connectivity index (χ2n) is 7.99. The number of carbonyl (C=O) groups excluding carboxylic acids is 2. The van der Waals surface area contributed by atoms with Gasteiger partial charge in [0.05, 0.1) is 19.9 Å². The van der Waals surface area contributed by atoms with Crippen molar-refractivity contribution in [2.75, 3.05) is 26.1 Å². The minimum atomic E-state index is -0.399. The number of amides is 2. The van der Waals surface area contributed by atoms with Crippen LogP contribution in [0.2, 0.25) is 0 Å². The van der Waals surface area contributed by atoms with Gasteiger partial charge in [0.1, 0.15) is 23.1 Å². The number of nitrogens with one attached hydrogen (secondary N) is 2. The lowest BCUT2D eigenvalue weighted by Gasteiger charge is -2.11. The standard InChI is InChI=1S/C28H29FN2O5/c1-35-22-15-19(16-23(18-22)36-2)17-24(20-10-12-21(29)13-11-20)28(34)30-14-6-5-9-27(33)31-25-7-3-4-8-26(25)32/h3-4,7-8,10-13,15-18,32H,5-6,9,14H2,1-2H3,(H,30,34)(H,31,33)/b24-17-. The Kier molecular flexibility index (Phi) is 9.45. The van der Waals surface area contributed by atoms with Gasteiger partial charge in [0, 0.05) is 24.6 Å². The Balaban J connectivity index is 1.63. The van der Waals surface area contributed by atoms with Gasteiger partial charge in [-0.3, -0.25) is 9.59 Å². The number of unbranched alkanes of at least 4 members (excludes halogenated alkanes) is 1. The molecule has 3 aromatic rings. The first-order valence-electron chi connectivity index (χ1n) is 11.5. The van der Waals surface area contributed by atoms with Gasteiger partial charge in [0.2, 0.25) is 5.91 Å². The van der Waals surface area contributed by atoms with Gasteiger partial charge in [-0.25, -0.2) is 4.39 Å². The van der Waals surface area contributed by atoms with Gasteiger partial charge >= 0.3 is 0 Å². The fraction of sp³-hybridized carbons (Fsp3) is 0.214. The first kappa shape index (κ1) is 26.3. The molecule has 0 aliphatic carbocycles. The number of phenols is 1. The summed E-state index contributed by atoms with van der Waals surface area (Å²) >= 11 is 0. The van der Waals surface area contributed by atoms with E-state index in [1.54, 1.807) is 68.8 Å². The lowest BCUT2D eigenvalue weighted by molar-refractivity contribution is -0.116. The summed E-state index contributed by atoms with van der Waals surface area (Å²) in [5, 5.41) is 15.3. The van der Waals surface area contributed by atoms with E-state index in [2.05, 4.69) is 10.6 Å². The number of aromatic hydroxyl groups is 1. The van der Waals surface area contributed by atoms with Crippen LogP contribution >= 0.6 is 0 Å². The van der Waals surface area contributed by atoms with Crippen molar-refractivity contribution in [1.82, 2.24) is 5.32 Å². The third kappa shape index (κ3) is 7.59. The van der Waals surface area contributed by atoms with Gasteiger partial charge in [0.25, 0.3) is 5.91 Å². The van der Waals surface area contributed by atoms with Gasteiger partial charge in [-0.1, -0.05) is 24.3 Å². The van der Waals surface area contributed by atoms with Crippen molar-refractivity contribution in [3.63, 3.8) is 0 Å². The van der Waals surface area contributed by atoms with Crippen molar-refractivity contribution in [3.8, 4) is 17.2 Å². The van der Waals surface area contributed by atoms with Crippen molar-refractivity contribution in [3.05, 3.63) is 83.7 Å². The molecule has 0 aliphatic heterocycles. The third-order valence-corrected chi connectivity index (χ3v) is 5.38. The molecule has 2 amide bonds. The van der Waals surface area contributed by atoms with Crippen molar-refractivity contribution in [2.45, 2.75) is 19.3 Å². The molecule has 0 unspecified atom stereocenters. The van der Waals surface area contributed by atoms with E-state index in [9.17, 15) is 19.1 Å². The van der Waals surface area contributed by atoms with Gasteiger partial charge in [0.15, 0.2) is 0 Å². The summed E-state index contributed by atoms with van der Waals surface area (Å²) in [6, 6.07) is 17.5. The number of benzene rings is 3. The number of hydrogen-bond acceptors (Lipinski definition) is 5. The van der Waals surface area contributed by atoms with Crippen LogP contribution in [0.25, 0.3) is 11.6 Å². The maximum atomic E-state index is 13.5. The van der Waals surface area contributed by atoms with Gasteiger partial charge in [-0.15, -0.1) is 0 Å². The SMILES string of the molecule is COc1cc(/C=C(\C(=O)NCCCCC(=O)Nc2ccccc2O)c2ccc(F)cc2)cc(OC)c1. The number of hydrogen-bond donors (Lipinski definition) is 3. The Bertz CT molecular complexity index is 1200. The summed E-state index contributed by atoms with van der Waals surface area (Å²) in [5.74, 6) is 0.197. The predicted molar refractivity (Wildman–Crippen MR) is 137 cm³/mol. The van der Waals surface area contributed by atoms with Crippen LogP contribution in [-0.2, 0) is 9.59 Å². The maximum absolute atomic E-state index is 13.5. The average molecular weight is 493 g/mol. The van der Waals surface area contributed by atoms with Crippen molar-refractivity contribution < 1.29 is 28.6 Å². The van der Waals surface area contributed by atoms with E-state index < -0.39 is 5.82 Å². The average Bonchev–Trinajstić information content (AvgIpc) is 2.88. The topological polar surface area (TPSA) is 96.9 Å². The van der Waals surface area contributed by atoms with E-state index in [-0.39, 0.29) is 24.0 Å². The van der Waals surface area contributed by atoms with Crippen LogP contribution in [0.3, 0.4) is 0 Å². The number of phenolic OH excluding ortho intramolecular Hbond substituents is 1. The molecule has 0 heterocycles. The first-order chi connectivity index (χ1) is 17.4. The molecule has 0 saturated carbocycles. The molecule has 0 aliphatic rings. The summed E-state index contributed by atoms with van der Waals surface area (Å²) < 4.78 is 24.1. The lowest BCUT2D eigenvalue weighted by atomic mass is 10.0. The highest BCUT2D eigenvalue weighted by molar-refractivity contribution is 6.24. The Morgan fingerprint density at radius 2 is 1.61 bits per heavy atom. The highest BCUT2D eigenvalue weighted by Gasteiger charge is 2.13. The van der Waals surface area contributed by atoms with Gasteiger partial charge in [-0.05, 0) is 66.4 Å². The monoisotopic (exact) mass is 492 g/mol. The Labute approximate surface area is 209 Å². The van der Waals surface area contributed by atoms with Crippen molar-refractivity contribution >= 4 is 29.2 Å². The number of rotatable bonds is 11. The molecule has 188 valence electrons. The zero-order valence-corrected chi connectivity index (χ0v) is 20.2. The van der Waals surface area contributed by atoms with E-state index >= 15 is 0 Å². The Morgan fingerprint density at radius 3 is 2.25 bits per heavy atom. The van der Waals surface area contributed by atoms with Crippen LogP contribution in [0.5, 0.6) is 17.2 Å². The van der Waals surface area contributed by atoms with Crippen LogP contribution in [0.15, 0.2) is 66.7 Å². The highest BCUT2D eigenvalue weighted by atomic mass is 19.1. The largest absolute Gasteiger partial charge is 0.506 e. The number of methoxy groups -OCH3 is 2. The zero-order chi connectivity index (χ0) is 25.9. The summed E-state index contributed by atoms with van der Waals surface area (Å²) in [5.41, 5.74) is 1.95. The summed E-state index contributed by atoms with van der Waals surface area (Å²) in [4.78, 5) is 25.2. The second-order valence-corrected chi connectivity index (χ2v) is 7.99. The fourth-order valence-electron chi connectivity index (χ4n) is 3.49. The minimum Gasteiger partial charge on any atom is -0.506 e. The summed E-state index contributed by atoms with van der Waals surface area (Å²) in [6.07, 6.45) is 3.05. The van der Waals surface area contributed by atoms with E-state index in [0.717, 1.165) is 0 Å². The van der Waals surface area contributed by atoms with Crippen LogP contribution in [-0.4, -0.2) is 37.7 Å². The molecular formula is C28H29FN2O5. The van der Waals surface area contributed by atoms with Crippen LogP contribution < -0.4 is 20.1 Å². The molecule has 0 spiro atoms. The lowest BCUT2D eigenvalue weighted by Crippen LogP contribution is -2.25. The van der Waals surface area contributed by atoms with Crippen molar-refractivity contribution in [1.29, 1.82) is 0 Å². The van der Waals surface area contributed by atoms with E-state index in [0.29, 0.717) is 53.3 Å². The molecule has 8 heteroatoms. The maximum Gasteiger partial charge on any atom is 0.251 e. The first-order valence-corrected chi connectivity index (χ1v) is 11.5. The molecule has 3 N–H and O–H groups in total. The highest BCUT2D eigenvalue weighted by Crippen LogP contribution is 2.27.